The van der Waals surface area contributed by atoms with Crippen LogP contribution in [-0.4, -0.2) is 42.6 Å². The van der Waals surface area contributed by atoms with E-state index in [1.807, 2.05) is 36.4 Å². The molecular weight excluding hydrogens is 314 g/mol. The maximum Gasteiger partial charge on any atom is 0.238 e. The zero-order valence-corrected chi connectivity index (χ0v) is 14.0. The van der Waals surface area contributed by atoms with Gasteiger partial charge in [-0.1, -0.05) is 0 Å². The molecule has 0 fully saturated rings. The van der Waals surface area contributed by atoms with Gasteiger partial charge >= 0.3 is 0 Å². The highest BCUT2D eigenvalue weighted by molar-refractivity contribution is 7.09. The van der Waals surface area contributed by atoms with Crippen molar-refractivity contribution in [2.75, 3.05) is 32.1 Å². The van der Waals surface area contributed by atoms with Gasteiger partial charge in [-0.15, -0.1) is 11.3 Å². The minimum atomic E-state index is -0.0730. The summed E-state index contributed by atoms with van der Waals surface area (Å²) in [7, 11) is 1.90. The number of hydrogen-bond acceptors (Lipinski definition) is 6. The SMILES string of the molecule is Cc1nc(CN(C)CC(=O)Nc2ccc3c(c2)OCCO3)cs1. The van der Waals surface area contributed by atoms with Crippen LogP contribution in [0.5, 0.6) is 11.5 Å². The standard InChI is InChI=1S/C16H19N3O3S/c1-11-17-13(10-23-11)8-19(2)9-16(20)18-12-3-4-14-15(7-12)22-6-5-21-14/h3-4,7,10H,5-6,8-9H2,1-2H3,(H,18,20). The van der Waals surface area contributed by atoms with Crippen molar-refractivity contribution < 1.29 is 14.3 Å². The van der Waals surface area contributed by atoms with Crippen LogP contribution < -0.4 is 14.8 Å². The highest BCUT2D eigenvalue weighted by atomic mass is 32.1. The Kier molecular flexibility index (Phi) is 4.78. The van der Waals surface area contributed by atoms with Crippen LogP contribution in [-0.2, 0) is 11.3 Å². The predicted molar refractivity (Wildman–Crippen MR) is 89.2 cm³/mol. The molecule has 23 heavy (non-hydrogen) atoms. The number of carbonyl (C=O) groups is 1. The molecule has 1 aliphatic rings. The number of aryl methyl sites for hydroxylation is 1. The molecule has 0 atom stereocenters. The Morgan fingerprint density at radius 3 is 2.87 bits per heavy atom. The van der Waals surface area contributed by atoms with Gasteiger partial charge in [0.2, 0.25) is 5.91 Å². The molecular formula is C16H19N3O3S. The highest BCUT2D eigenvalue weighted by Crippen LogP contribution is 2.32. The highest BCUT2D eigenvalue weighted by Gasteiger charge is 2.14. The van der Waals surface area contributed by atoms with Gasteiger partial charge in [0.1, 0.15) is 13.2 Å². The van der Waals surface area contributed by atoms with Crippen LogP contribution in [0.3, 0.4) is 0 Å². The first-order chi connectivity index (χ1) is 11.1. The third-order valence-corrected chi connectivity index (χ3v) is 4.16. The maximum atomic E-state index is 12.1. The second-order valence-electron chi connectivity index (χ2n) is 5.44. The summed E-state index contributed by atoms with van der Waals surface area (Å²) >= 11 is 1.62. The Balaban J connectivity index is 1.54. The molecule has 1 aliphatic heterocycles. The molecule has 122 valence electrons. The normalized spacial score (nSPS) is 13.2. The van der Waals surface area contributed by atoms with E-state index in [0.29, 0.717) is 43.5 Å². The molecule has 0 radical (unpaired) electrons. The number of aromatic nitrogens is 1. The summed E-state index contributed by atoms with van der Waals surface area (Å²) in [6.45, 7) is 4.01. The van der Waals surface area contributed by atoms with Crippen LogP contribution in [0, 0.1) is 6.92 Å². The van der Waals surface area contributed by atoms with Crippen molar-refractivity contribution in [1.82, 2.24) is 9.88 Å². The number of benzene rings is 1. The van der Waals surface area contributed by atoms with E-state index < -0.39 is 0 Å². The number of anilines is 1. The Labute approximate surface area is 139 Å². The van der Waals surface area contributed by atoms with Gasteiger partial charge < -0.3 is 14.8 Å². The van der Waals surface area contributed by atoms with Crippen LogP contribution in [0.25, 0.3) is 0 Å². The zero-order chi connectivity index (χ0) is 16.2. The van der Waals surface area contributed by atoms with Crippen molar-refractivity contribution in [3.8, 4) is 11.5 Å². The number of fused-ring (bicyclic) bond motifs is 1. The van der Waals surface area contributed by atoms with Gasteiger partial charge in [-0.3, -0.25) is 9.69 Å². The van der Waals surface area contributed by atoms with Gasteiger partial charge in [-0.2, -0.15) is 0 Å². The van der Waals surface area contributed by atoms with E-state index in [4.69, 9.17) is 9.47 Å². The summed E-state index contributed by atoms with van der Waals surface area (Å²) in [6.07, 6.45) is 0. The lowest BCUT2D eigenvalue weighted by molar-refractivity contribution is -0.117. The van der Waals surface area contributed by atoms with Crippen molar-refractivity contribution >= 4 is 22.9 Å². The molecule has 2 aromatic rings. The Hall–Kier alpha value is -2.12. The van der Waals surface area contributed by atoms with Gasteiger partial charge in [-0.05, 0) is 26.1 Å². The Bertz CT molecular complexity index is 702. The monoisotopic (exact) mass is 333 g/mol. The third-order valence-electron chi connectivity index (χ3n) is 3.34. The van der Waals surface area contributed by atoms with Gasteiger partial charge in [0.05, 0.1) is 17.2 Å². The molecule has 0 saturated heterocycles. The quantitative estimate of drug-likeness (QED) is 0.909. The van der Waals surface area contributed by atoms with E-state index in [9.17, 15) is 4.79 Å². The largest absolute Gasteiger partial charge is 0.486 e. The van der Waals surface area contributed by atoms with Crippen LogP contribution in [0.4, 0.5) is 5.69 Å². The van der Waals surface area contributed by atoms with E-state index in [1.54, 1.807) is 17.4 Å². The van der Waals surface area contributed by atoms with Gasteiger partial charge in [0.25, 0.3) is 0 Å². The Morgan fingerprint density at radius 1 is 1.35 bits per heavy atom. The number of carbonyl (C=O) groups excluding carboxylic acids is 1. The third kappa shape index (κ3) is 4.20. The van der Waals surface area contributed by atoms with Crippen molar-refractivity contribution in [2.24, 2.45) is 0 Å². The number of nitrogens with one attached hydrogen (secondary N) is 1. The first-order valence-electron chi connectivity index (χ1n) is 7.39. The summed E-state index contributed by atoms with van der Waals surface area (Å²) in [5, 5.41) is 5.93. The van der Waals surface area contributed by atoms with Gasteiger partial charge in [0.15, 0.2) is 11.5 Å². The molecule has 1 N–H and O–H groups in total. The lowest BCUT2D eigenvalue weighted by Gasteiger charge is -2.19. The van der Waals surface area contributed by atoms with Crippen molar-refractivity contribution in [1.29, 1.82) is 0 Å². The molecule has 1 amide bonds. The summed E-state index contributed by atoms with van der Waals surface area (Å²) in [6, 6.07) is 5.41. The maximum absolute atomic E-state index is 12.1. The van der Waals surface area contributed by atoms with Crippen LogP contribution in [0.1, 0.15) is 10.7 Å². The van der Waals surface area contributed by atoms with Crippen molar-refractivity contribution in [3.63, 3.8) is 0 Å². The fourth-order valence-electron chi connectivity index (χ4n) is 2.38. The number of nitrogens with zero attached hydrogens (tertiary/aromatic N) is 2. The molecule has 0 aliphatic carbocycles. The van der Waals surface area contributed by atoms with E-state index >= 15 is 0 Å². The number of thiazole rings is 1. The molecule has 2 heterocycles. The average molecular weight is 333 g/mol. The Morgan fingerprint density at radius 2 is 2.13 bits per heavy atom. The zero-order valence-electron chi connectivity index (χ0n) is 13.2. The molecule has 6 nitrogen and oxygen atoms in total. The summed E-state index contributed by atoms with van der Waals surface area (Å²) < 4.78 is 11.0. The fourth-order valence-corrected chi connectivity index (χ4v) is 2.98. The average Bonchev–Trinajstić information content (AvgIpc) is 2.91. The van der Waals surface area contributed by atoms with E-state index in [1.165, 1.54) is 0 Å². The molecule has 0 spiro atoms. The number of hydrogen-bond donors (Lipinski definition) is 1. The molecule has 0 unspecified atom stereocenters. The number of ether oxygens (including phenoxy) is 2. The molecule has 1 aromatic heterocycles. The lowest BCUT2D eigenvalue weighted by Crippen LogP contribution is -2.30. The molecule has 3 rings (SSSR count). The minimum absolute atomic E-state index is 0.0730. The molecule has 1 aromatic carbocycles. The van der Waals surface area contributed by atoms with Gasteiger partial charge in [-0.25, -0.2) is 4.98 Å². The van der Waals surface area contributed by atoms with E-state index in [-0.39, 0.29) is 5.91 Å². The lowest BCUT2D eigenvalue weighted by atomic mass is 10.2. The fraction of sp³-hybridized carbons (Fsp3) is 0.375. The van der Waals surface area contributed by atoms with Crippen molar-refractivity contribution in [3.05, 3.63) is 34.3 Å². The minimum Gasteiger partial charge on any atom is -0.486 e. The summed E-state index contributed by atoms with van der Waals surface area (Å²) in [5.74, 6) is 1.31. The molecule has 0 bridgehead atoms. The second kappa shape index (κ2) is 6.97. The number of likely N-dealkylation sites (N-methyl/N-ethyl adjacent to an activating group) is 1. The van der Waals surface area contributed by atoms with Crippen LogP contribution in [0.15, 0.2) is 23.6 Å². The van der Waals surface area contributed by atoms with Crippen LogP contribution in [0.2, 0.25) is 0 Å². The summed E-state index contributed by atoms with van der Waals surface area (Å²) in [5.41, 5.74) is 1.69. The van der Waals surface area contributed by atoms with Crippen molar-refractivity contribution in [2.45, 2.75) is 13.5 Å². The first-order valence-corrected chi connectivity index (χ1v) is 8.27. The number of rotatable bonds is 5. The predicted octanol–water partition coefficient (Wildman–Crippen LogP) is 2.29. The van der Waals surface area contributed by atoms with E-state index in [2.05, 4.69) is 10.3 Å². The van der Waals surface area contributed by atoms with E-state index in [0.717, 1.165) is 10.7 Å². The topological polar surface area (TPSA) is 63.7 Å². The molecule has 7 heteroatoms. The summed E-state index contributed by atoms with van der Waals surface area (Å²) in [4.78, 5) is 18.5. The smallest absolute Gasteiger partial charge is 0.238 e. The van der Waals surface area contributed by atoms with Crippen LogP contribution >= 0.6 is 11.3 Å². The first kappa shape index (κ1) is 15.8. The van der Waals surface area contributed by atoms with Gasteiger partial charge in [0, 0.05) is 23.7 Å². The number of amides is 1. The second-order valence-corrected chi connectivity index (χ2v) is 6.50. The molecule has 0 saturated carbocycles.